The van der Waals surface area contributed by atoms with Crippen molar-refractivity contribution >= 4 is 5.97 Å². The van der Waals surface area contributed by atoms with Crippen molar-refractivity contribution in [3.8, 4) is 0 Å². The van der Waals surface area contributed by atoms with Crippen LogP contribution in [0.2, 0.25) is 0 Å². The fourth-order valence-electron chi connectivity index (χ4n) is 2.97. The minimum absolute atomic E-state index is 0.101. The predicted molar refractivity (Wildman–Crippen MR) is 92.1 cm³/mol. The molecule has 1 aliphatic rings. The molecule has 0 aliphatic carbocycles. The van der Waals surface area contributed by atoms with Crippen LogP contribution in [0.5, 0.6) is 0 Å². The Balaban J connectivity index is 2.44. The molecule has 4 heteroatoms. The highest BCUT2D eigenvalue weighted by molar-refractivity contribution is 5.82. The lowest BCUT2D eigenvalue weighted by Crippen LogP contribution is -2.24. The van der Waals surface area contributed by atoms with Gasteiger partial charge in [0, 0.05) is 6.08 Å². The van der Waals surface area contributed by atoms with E-state index < -0.39 is 18.2 Å². The second-order valence-electron chi connectivity index (χ2n) is 6.78. The summed E-state index contributed by atoms with van der Waals surface area (Å²) < 4.78 is 5.28. The van der Waals surface area contributed by atoms with Crippen LogP contribution in [0.1, 0.15) is 84.0 Å². The van der Waals surface area contributed by atoms with Gasteiger partial charge in [-0.05, 0) is 32.3 Å². The molecule has 0 unspecified atom stereocenters. The summed E-state index contributed by atoms with van der Waals surface area (Å²) in [4.78, 5) is 11.7. The lowest BCUT2D eigenvalue weighted by Gasteiger charge is -2.14. The summed E-state index contributed by atoms with van der Waals surface area (Å²) in [6, 6.07) is 0. The number of aliphatic hydroxyl groups is 2. The molecule has 23 heavy (non-hydrogen) atoms. The Bertz CT molecular complexity index is 340. The molecule has 0 bridgehead atoms. The zero-order valence-corrected chi connectivity index (χ0v) is 14.6. The molecule has 1 rings (SSSR count). The average Bonchev–Trinajstić information content (AvgIpc) is 2.52. The van der Waals surface area contributed by atoms with Gasteiger partial charge in [-0.3, -0.25) is 0 Å². The maximum Gasteiger partial charge on any atom is 0.330 e. The molecule has 0 fully saturated rings. The van der Waals surface area contributed by atoms with Crippen molar-refractivity contribution < 1.29 is 19.7 Å². The minimum Gasteiger partial charge on any atom is -0.460 e. The Labute approximate surface area is 140 Å². The molecule has 3 atom stereocenters. The molecule has 0 radical (unpaired) electrons. The lowest BCUT2D eigenvalue weighted by atomic mass is 10.0. The molecule has 1 heterocycles. The molecular formula is C19H34O4. The van der Waals surface area contributed by atoms with Gasteiger partial charge >= 0.3 is 5.97 Å². The van der Waals surface area contributed by atoms with Crippen molar-refractivity contribution in [1.29, 1.82) is 0 Å². The summed E-state index contributed by atoms with van der Waals surface area (Å²) in [6.45, 7) is 1.90. The smallest absolute Gasteiger partial charge is 0.330 e. The second-order valence-corrected chi connectivity index (χ2v) is 6.78. The quantitative estimate of drug-likeness (QED) is 0.663. The number of ether oxygens (including phenoxy) is 1. The number of hydrogen-bond acceptors (Lipinski definition) is 4. The van der Waals surface area contributed by atoms with Crippen LogP contribution in [0.3, 0.4) is 0 Å². The van der Waals surface area contributed by atoms with Gasteiger partial charge in [-0.25, -0.2) is 4.79 Å². The van der Waals surface area contributed by atoms with Crippen molar-refractivity contribution in [2.24, 2.45) is 0 Å². The molecule has 4 nitrogen and oxygen atoms in total. The summed E-state index contributed by atoms with van der Waals surface area (Å²) >= 11 is 0. The fraction of sp³-hybridized carbons (Fsp3) is 0.842. The Morgan fingerprint density at radius 3 is 1.91 bits per heavy atom. The van der Waals surface area contributed by atoms with Gasteiger partial charge in [-0.15, -0.1) is 0 Å². The van der Waals surface area contributed by atoms with Crippen LogP contribution in [0, 0.1) is 0 Å². The summed E-state index contributed by atoms with van der Waals surface area (Å²) in [5.74, 6) is -0.443. The molecular weight excluding hydrogens is 292 g/mol. The number of aliphatic hydroxyl groups excluding tert-OH is 2. The molecule has 1 aliphatic heterocycles. The maximum atomic E-state index is 11.7. The first-order valence-electron chi connectivity index (χ1n) is 9.34. The molecule has 0 saturated heterocycles. The third-order valence-corrected chi connectivity index (χ3v) is 4.50. The van der Waals surface area contributed by atoms with Crippen LogP contribution >= 0.6 is 0 Å². The van der Waals surface area contributed by atoms with Crippen molar-refractivity contribution in [3.05, 3.63) is 12.2 Å². The van der Waals surface area contributed by atoms with E-state index in [-0.39, 0.29) is 6.10 Å². The molecule has 0 aromatic carbocycles. The van der Waals surface area contributed by atoms with Crippen molar-refractivity contribution in [1.82, 2.24) is 0 Å². The van der Waals surface area contributed by atoms with E-state index in [1.165, 1.54) is 57.1 Å². The number of carbonyl (C=O) groups excluding carboxylic acids is 1. The molecule has 134 valence electrons. The van der Waals surface area contributed by atoms with Gasteiger partial charge in [-0.1, -0.05) is 57.8 Å². The number of rotatable bonds is 0. The highest BCUT2D eigenvalue weighted by Gasteiger charge is 2.14. The number of carbonyl (C=O) groups is 1. The van der Waals surface area contributed by atoms with Crippen LogP contribution in [0.4, 0.5) is 0 Å². The van der Waals surface area contributed by atoms with E-state index >= 15 is 0 Å². The van der Waals surface area contributed by atoms with E-state index in [2.05, 4.69) is 0 Å². The number of hydrogen-bond donors (Lipinski definition) is 2. The standard InChI is InChI=1S/C19H34O4/c1-16-12-10-8-6-4-2-3-5-7-9-11-13-17(20)18(21)14-15-19(22)23-16/h14-18,20-21H,2-13H2,1H3/b15-14+/t16-,17+,18-/m1/s1. The second kappa shape index (κ2) is 12.5. The van der Waals surface area contributed by atoms with E-state index in [9.17, 15) is 15.0 Å². The first-order valence-corrected chi connectivity index (χ1v) is 9.34. The normalized spacial score (nSPS) is 32.1. The third-order valence-electron chi connectivity index (χ3n) is 4.50. The van der Waals surface area contributed by atoms with Crippen LogP contribution in [-0.2, 0) is 9.53 Å². The average molecular weight is 326 g/mol. The first-order chi connectivity index (χ1) is 11.1. The summed E-state index contributed by atoms with van der Waals surface area (Å²) in [5.41, 5.74) is 0. The van der Waals surface area contributed by atoms with Crippen LogP contribution < -0.4 is 0 Å². The SMILES string of the molecule is C[C@@H]1CCCCCCCCCCCC[C@H](O)[C@H](O)/C=C/C(=O)O1. The van der Waals surface area contributed by atoms with Crippen molar-refractivity contribution in [2.75, 3.05) is 0 Å². The molecule has 0 amide bonds. The molecule has 2 N–H and O–H groups in total. The summed E-state index contributed by atoms with van der Waals surface area (Å²) in [5, 5.41) is 19.7. The molecule has 0 spiro atoms. The van der Waals surface area contributed by atoms with Gasteiger partial charge in [0.2, 0.25) is 0 Å². The summed E-state index contributed by atoms with van der Waals surface area (Å²) in [6.07, 6.45) is 14.0. The van der Waals surface area contributed by atoms with Gasteiger partial charge in [0.05, 0.1) is 18.3 Å². The van der Waals surface area contributed by atoms with Gasteiger partial charge in [0.25, 0.3) is 0 Å². The van der Waals surface area contributed by atoms with E-state index in [0.29, 0.717) is 6.42 Å². The third kappa shape index (κ3) is 10.5. The van der Waals surface area contributed by atoms with Crippen molar-refractivity contribution in [2.45, 2.75) is 102 Å². The maximum absolute atomic E-state index is 11.7. The van der Waals surface area contributed by atoms with Gasteiger partial charge in [0.1, 0.15) is 0 Å². The van der Waals surface area contributed by atoms with Crippen LogP contribution in [0.25, 0.3) is 0 Å². The lowest BCUT2D eigenvalue weighted by molar-refractivity contribution is -0.142. The highest BCUT2D eigenvalue weighted by Crippen LogP contribution is 2.15. The van der Waals surface area contributed by atoms with Crippen LogP contribution in [-0.4, -0.2) is 34.5 Å². The van der Waals surface area contributed by atoms with Gasteiger partial charge in [-0.2, -0.15) is 0 Å². The Hall–Kier alpha value is -0.870. The topological polar surface area (TPSA) is 66.8 Å². The highest BCUT2D eigenvalue weighted by atomic mass is 16.5. The predicted octanol–water partition coefficient (Wildman–Crippen LogP) is 3.89. The zero-order valence-electron chi connectivity index (χ0n) is 14.6. The monoisotopic (exact) mass is 326 g/mol. The van der Waals surface area contributed by atoms with Gasteiger partial charge < -0.3 is 14.9 Å². The molecule has 0 saturated carbocycles. The molecule has 0 aromatic rings. The first kappa shape index (κ1) is 20.2. The van der Waals surface area contributed by atoms with Gasteiger partial charge in [0.15, 0.2) is 0 Å². The fourth-order valence-corrected chi connectivity index (χ4v) is 2.97. The number of esters is 1. The van der Waals surface area contributed by atoms with E-state index in [1.807, 2.05) is 6.92 Å². The Morgan fingerprint density at radius 2 is 1.35 bits per heavy atom. The summed E-state index contributed by atoms with van der Waals surface area (Å²) in [7, 11) is 0. The largest absolute Gasteiger partial charge is 0.460 e. The molecule has 0 aromatic heterocycles. The number of cyclic esters (lactones) is 1. The van der Waals surface area contributed by atoms with E-state index in [0.717, 1.165) is 25.7 Å². The Morgan fingerprint density at radius 1 is 0.870 bits per heavy atom. The van der Waals surface area contributed by atoms with Crippen LogP contribution in [0.15, 0.2) is 12.2 Å². The zero-order chi connectivity index (χ0) is 16.9. The van der Waals surface area contributed by atoms with E-state index in [1.54, 1.807) is 0 Å². The Kier molecular flexibility index (Phi) is 11.0. The van der Waals surface area contributed by atoms with Crippen molar-refractivity contribution in [3.63, 3.8) is 0 Å². The minimum atomic E-state index is -1.00. The van der Waals surface area contributed by atoms with E-state index in [4.69, 9.17) is 4.74 Å².